The molecule has 1 fully saturated rings. The summed E-state index contributed by atoms with van der Waals surface area (Å²) in [6.07, 6.45) is 1.95. The second kappa shape index (κ2) is 7.02. The largest absolute Gasteiger partial charge is 0.507 e. The lowest BCUT2D eigenvalue weighted by molar-refractivity contribution is 0.409. The zero-order chi connectivity index (χ0) is 19.1. The number of nitrogens with two attached hydrogens (primary N) is 1. The van der Waals surface area contributed by atoms with Crippen molar-refractivity contribution in [2.75, 3.05) is 11.5 Å². The monoisotopic (exact) mass is 388 g/mol. The Hall–Kier alpha value is -1.30. The zero-order valence-electron chi connectivity index (χ0n) is 16.1. The lowest BCUT2D eigenvalue weighted by Crippen LogP contribution is -2.40. The molecule has 3 N–H and O–H groups in total. The van der Waals surface area contributed by atoms with Crippen LogP contribution in [0.15, 0.2) is 24.1 Å². The summed E-state index contributed by atoms with van der Waals surface area (Å²) >= 11 is 3.62. The number of allylic oxidation sites excluding steroid dienone is 1. The molecule has 140 valence electrons. The van der Waals surface area contributed by atoms with Crippen molar-refractivity contribution in [1.82, 2.24) is 4.98 Å². The Labute approximate surface area is 164 Å². The fraction of sp³-hybridized carbons (Fsp3) is 0.476. The molecule has 0 atom stereocenters. The van der Waals surface area contributed by atoms with Crippen LogP contribution in [0.5, 0.6) is 5.75 Å². The van der Waals surface area contributed by atoms with Crippen LogP contribution in [0.2, 0.25) is 0 Å². The van der Waals surface area contributed by atoms with Gasteiger partial charge in [0.2, 0.25) is 0 Å². The third kappa shape index (κ3) is 3.71. The molecule has 5 heteroatoms. The van der Waals surface area contributed by atoms with E-state index in [-0.39, 0.29) is 11.0 Å². The number of phenolic OH excluding ortho intramolecular Hbond substituents is 1. The summed E-state index contributed by atoms with van der Waals surface area (Å²) in [5.41, 5.74) is 10.7. The van der Waals surface area contributed by atoms with Crippen molar-refractivity contribution >= 4 is 28.7 Å². The maximum Gasteiger partial charge on any atom is 0.126 e. The number of hydrogen-bond acceptors (Lipinski definition) is 5. The van der Waals surface area contributed by atoms with E-state index in [1.54, 1.807) is 11.3 Å². The second-order valence-electron chi connectivity index (χ2n) is 8.26. The number of rotatable bonds is 3. The summed E-state index contributed by atoms with van der Waals surface area (Å²) in [4.78, 5) is 4.90. The van der Waals surface area contributed by atoms with E-state index in [1.807, 2.05) is 24.8 Å². The van der Waals surface area contributed by atoms with E-state index in [1.165, 1.54) is 0 Å². The maximum atomic E-state index is 10.7. The molecule has 1 aliphatic rings. The van der Waals surface area contributed by atoms with Crippen LogP contribution in [0.3, 0.4) is 0 Å². The van der Waals surface area contributed by atoms with Crippen LogP contribution in [0.25, 0.3) is 16.8 Å². The van der Waals surface area contributed by atoms with E-state index >= 15 is 0 Å². The summed E-state index contributed by atoms with van der Waals surface area (Å²) < 4.78 is 0. The first-order valence-electron chi connectivity index (χ1n) is 8.98. The summed E-state index contributed by atoms with van der Waals surface area (Å²) in [6.45, 7) is 12.3. The number of nitrogens with zero attached hydrogens (tertiary/aromatic N) is 1. The first-order chi connectivity index (χ1) is 12.1. The maximum absolute atomic E-state index is 10.7. The Morgan fingerprint density at radius 1 is 1.27 bits per heavy atom. The smallest absolute Gasteiger partial charge is 0.126 e. The Balaban J connectivity index is 2.07. The third-order valence-corrected chi connectivity index (χ3v) is 7.04. The van der Waals surface area contributed by atoms with Gasteiger partial charge in [0.15, 0.2) is 0 Å². The molecular formula is C21H28N2OS2. The van der Waals surface area contributed by atoms with Gasteiger partial charge in [-0.25, -0.2) is 4.98 Å². The molecule has 0 bridgehead atoms. The number of thiazole rings is 1. The van der Waals surface area contributed by atoms with E-state index in [0.29, 0.717) is 5.75 Å². The topological polar surface area (TPSA) is 59.1 Å². The lowest BCUT2D eigenvalue weighted by atomic mass is 9.83. The van der Waals surface area contributed by atoms with E-state index < -0.39 is 0 Å². The highest BCUT2D eigenvalue weighted by molar-refractivity contribution is 7.99. The highest BCUT2D eigenvalue weighted by atomic mass is 32.2. The fourth-order valence-corrected chi connectivity index (χ4v) is 5.49. The van der Waals surface area contributed by atoms with Crippen molar-refractivity contribution in [3.05, 3.63) is 40.2 Å². The molecule has 2 heterocycles. The van der Waals surface area contributed by atoms with Gasteiger partial charge in [-0.15, -0.1) is 11.3 Å². The molecular weight excluding hydrogens is 360 g/mol. The lowest BCUT2D eigenvalue weighted by Gasteiger charge is -2.30. The molecule has 0 radical (unpaired) electrons. The molecule has 0 amide bonds. The van der Waals surface area contributed by atoms with Crippen LogP contribution in [0, 0.1) is 0 Å². The highest BCUT2D eigenvalue weighted by Crippen LogP contribution is 2.41. The summed E-state index contributed by atoms with van der Waals surface area (Å²) in [6, 6.07) is 4.05. The minimum Gasteiger partial charge on any atom is -0.507 e. The average Bonchev–Trinajstić information content (AvgIpc) is 3.05. The number of phenols is 1. The Morgan fingerprint density at radius 2 is 1.92 bits per heavy atom. The second-order valence-corrected chi connectivity index (χ2v) is 10.3. The minimum absolute atomic E-state index is 0.168. The third-order valence-electron chi connectivity index (χ3n) is 4.99. The Kier molecular flexibility index (Phi) is 5.26. The standard InChI is InChI=1S/C21H28N2OS2/c1-13(2)15-10-14(11-16(18(15)24)20(3,4)5)17-12-26-19(23-17)21(22)6-8-25-9-7-21/h10-12,24H,1,6-9,22H2,2-5H3. The van der Waals surface area contributed by atoms with Gasteiger partial charge in [0.05, 0.1) is 11.2 Å². The van der Waals surface area contributed by atoms with Gasteiger partial charge in [-0.1, -0.05) is 27.4 Å². The van der Waals surface area contributed by atoms with Crippen molar-refractivity contribution in [3.8, 4) is 17.0 Å². The SMILES string of the molecule is C=C(C)c1cc(-c2csc(C3(N)CCSCC3)n2)cc(C(C)(C)C)c1O. The van der Waals surface area contributed by atoms with Crippen molar-refractivity contribution in [2.45, 2.75) is 51.5 Å². The molecule has 0 spiro atoms. The molecule has 26 heavy (non-hydrogen) atoms. The van der Waals surface area contributed by atoms with Gasteiger partial charge in [0.1, 0.15) is 10.8 Å². The predicted molar refractivity (Wildman–Crippen MR) is 115 cm³/mol. The van der Waals surface area contributed by atoms with Crippen LogP contribution in [-0.4, -0.2) is 21.6 Å². The van der Waals surface area contributed by atoms with Crippen LogP contribution in [0.4, 0.5) is 0 Å². The normalized spacial score (nSPS) is 17.3. The predicted octanol–water partition coefficient (Wildman–Crippen LogP) is 5.53. The van der Waals surface area contributed by atoms with Crippen LogP contribution in [0.1, 0.15) is 56.7 Å². The zero-order valence-corrected chi connectivity index (χ0v) is 17.7. The van der Waals surface area contributed by atoms with Gasteiger partial charge in [-0.05, 0) is 54.4 Å². The molecule has 0 saturated carbocycles. The highest BCUT2D eigenvalue weighted by Gasteiger charge is 2.33. The first kappa shape index (κ1) is 19.5. The quantitative estimate of drug-likeness (QED) is 0.726. The summed E-state index contributed by atoms with van der Waals surface area (Å²) in [7, 11) is 0. The molecule has 0 unspecified atom stereocenters. The summed E-state index contributed by atoms with van der Waals surface area (Å²) in [5.74, 6) is 2.51. The molecule has 3 nitrogen and oxygen atoms in total. The molecule has 1 aliphatic heterocycles. The molecule has 3 rings (SSSR count). The van der Waals surface area contributed by atoms with Gasteiger partial charge in [0.25, 0.3) is 0 Å². The number of aromatic hydroxyl groups is 1. The van der Waals surface area contributed by atoms with E-state index in [2.05, 4.69) is 38.8 Å². The van der Waals surface area contributed by atoms with Crippen molar-refractivity contribution in [2.24, 2.45) is 5.73 Å². The van der Waals surface area contributed by atoms with Gasteiger partial charge >= 0.3 is 0 Å². The van der Waals surface area contributed by atoms with Gasteiger partial charge in [-0.3, -0.25) is 0 Å². The van der Waals surface area contributed by atoms with Gasteiger partial charge < -0.3 is 10.8 Å². The Morgan fingerprint density at radius 3 is 2.50 bits per heavy atom. The number of aromatic nitrogens is 1. The first-order valence-corrected chi connectivity index (χ1v) is 11.0. The van der Waals surface area contributed by atoms with E-state index in [0.717, 1.165) is 57.3 Å². The number of thioether (sulfide) groups is 1. The molecule has 1 aromatic carbocycles. The molecule has 0 aliphatic carbocycles. The van der Waals surface area contributed by atoms with E-state index in [4.69, 9.17) is 10.7 Å². The van der Waals surface area contributed by atoms with Crippen LogP contribution < -0.4 is 5.73 Å². The van der Waals surface area contributed by atoms with Crippen molar-refractivity contribution in [3.63, 3.8) is 0 Å². The Bertz CT molecular complexity index is 827. The fourth-order valence-electron chi connectivity index (χ4n) is 3.26. The van der Waals surface area contributed by atoms with Gasteiger partial charge in [0, 0.05) is 22.1 Å². The minimum atomic E-state index is -0.297. The van der Waals surface area contributed by atoms with Crippen LogP contribution >= 0.6 is 23.1 Å². The molecule has 1 aromatic heterocycles. The average molecular weight is 389 g/mol. The number of hydrogen-bond donors (Lipinski definition) is 2. The molecule has 2 aromatic rings. The van der Waals surface area contributed by atoms with E-state index in [9.17, 15) is 5.11 Å². The van der Waals surface area contributed by atoms with Crippen molar-refractivity contribution in [1.29, 1.82) is 0 Å². The number of benzene rings is 1. The van der Waals surface area contributed by atoms with Crippen LogP contribution in [-0.2, 0) is 11.0 Å². The summed E-state index contributed by atoms with van der Waals surface area (Å²) in [5, 5.41) is 13.8. The van der Waals surface area contributed by atoms with Gasteiger partial charge in [-0.2, -0.15) is 11.8 Å². The van der Waals surface area contributed by atoms with Crippen molar-refractivity contribution < 1.29 is 5.11 Å². The molecule has 1 saturated heterocycles.